The van der Waals surface area contributed by atoms with Gasteiger partial charge in [-0.15, -0.1) is 0 Å². The van der Waals surface area contributed by atoms with Crippen LogP contribution in [0.2, 0.25) is 0 Å². The zero-order valence-electron chi connectivity index (χ0n) is 14.0. The third-order valence-electron chi connectivity index (χ3n) is 3.76. The molecule has 5 nitrogen and oxygen atoms in total. The molecule has 0 aliphatic rings. The van der Waals surface area contributed by atoms with E-state index in [0.29, 0.717) is 0 Å². The van der Waals surface area contributed by atoms with Crippen molar-refractivity contribution in [2.45, 2.75) is 18.7 Å². The largest absolute Gasteiger partial charge is 0.354 e. The van der Waals surface area contributed by atoms with Gasteiger partial charge in [0.1, 0.15) is 5.82 Å². The summed E-state index contributed by atoms with van der Waals surface area (Å²) in [6.45, 7) is 3.92. The molecule has 0 saturated heterocycles. The SMILES string of the molecule is Cc1ccc(S(=O)(=O)Nc2ccc(Nc3ccccc3C)cn2)cc1. The Labute approximate surface area is 147 Å². The number of nitrogens with one attached hydrogen (secondary N) is 2. The molecular weight excluding hydrogens is 334 g/mol. The molecule has 3 aromatic rings. The van der Waals surface area contributed by atoms with Crippen molar-refractivity contribution < 1.29 is 8.42 Å². The quantitative estimate of drug-likeness (QED) is 0.719. The maximum atomic E-state index is 12.4. The molecule has 0 atom stereocenters. The van der Waals surface area contributed by atoms with E-state index in [9.17, 15) is 8.42 Å². The Morgan fingerprint density at radius 3 is 2.24 bits per heavy atom. The number of pyridine rings is 1. The number of para-hydroxylation sites is 1. The van der Waals surface area contributed by atoms with Gasteiger partial charge in [0.2, 0.25) is 0 Å². The number of anilines is 3. The second kappa shape index (κ2) is 6.94. The third kappa shape index (κ3) is 4.16. The fourth-order valence-electron chi connectivity index (χ4n) is 2.31. The summed E-state index contributed by atoms with van der Waals surface area (Å²) in [6, 6.07) is 18.0. The molecule has 6 heteroatoms. The van der Waals surface area contributed by atoms with Crippen LogP contribution in [0.1, 0.15) is 11.1 Å². The van der Waals surface area contributed by atoms with Gasteiger partial charge in [-0.2, -0.15) is 0 Å². The topological polar surface area (TPSA) is 71.1 Å². The van der Waals surface area contributed by atoms with Gasteiger partial charge in [0, 0.05) is 5.69 Å². The van der Waals surface area contributed by atoms with Crippen molar-refractivity contribution in [2.24, 2.45) is 0 Å². The number of aryl methyl sites for hydroxylation is 2. The summed E-state index contributed by atoms with van der Waals surface area (Å²) in [5.41, 5.74) is 3.89. The fraction of sp³-hybridized carbons (Fsp3) is 0.105. The standard InChI is InChI=1S/C19H19N3O2S/c1-14-7-10-17(11-8-14)25(23,24)22-19-12-9-16(13-20-19)21-18-6-4-3-5-15(18)2/h3-13,21H,1-2H3,(H,20,22). The van der Waals surface area contributed by atoms with Crippen LogP contribution in [-0.2, 0) is 10.0 Å². The number of hydrogen-bond acceptors (Lipinski definition) is 4. The van der Waals surface area contributed by atoms with Gasteiger partial charge in [0.25, 0.3) is 10.0 Å². The maximum Gasteiger partial charge on any atom is 0.263 e. The first kappa shape index (κ1) is 17.0. The molecule has 0 amide bonds. The first-order valence-electron chi connectivity index (χ1n) is 7.82. The fourth-order valence-corrected chi connectivity index (χ4v) is 3.32. The summed E-state index contributed by atoms with van der Waals surface area (Å²) in [5.74, 6) is 0.274. The van der Waals surface area contributed by atoms with Gasteiger partial charge in [-0.3, -0.25) is 4.72 Å². The normalized spacial score (nSPS) is 11.1. The highest BCUT2D eigenvalue weighted by molar-refractivity contribution is 7.92. The van der Waals surface area contributed by atoms with E-state index in [1.807, 2.05) is 38.1 Å². The average molecular weight is 353 g/mol. The van der Waals surface area contributed by atoms with Crippen molar-refractivity contribution in [3.05, 3.63) is 78.0 Å². The van der Waals surface area contributed by atoms with Crippen molar-refractivity contribution >= 4 is 27.2 Å². The second-order valence-electron chi connectivity index (χ2n) is 5.79. The summed E-state index contributed by atoms with van der Waals surface area (Å²) in [5, 5.41) is 3.26. The van der Waals surface area contributed by atoms with Gasteiger partial charge in [0.05, 0.1) is 16.8 Å². The lowest BCUT2D eigenvalue weighted by atomic mass is 10.2. The number of hydrogen-bond donors (Lipinski definition) is 2. The maximum absolute atomic E-state index is 12.4. The lowest BCUT2D eigenvalue weighted by molar-refractivity contribution is 0.601. The molecule has 0 aliphatic carbocycles. The van der Waals surface area contributed by atoms with Crippen LogP contribution in [0.3, 0.4) is 0 Å². The lowest BCUT2D eigenvalue weighted by Crippen LogP contribution is -2.13. The van der Waals surface area contributed by atoms with Crippen molar-refractivity contribution in [3.63, 3.8) is 0 Å². The Hall–Kier alpha value is -2.86. The van der Waals surface area contributed by atoms with E-state index in [1.165, 1.54) is 0 Å². The van der Waals surface area contributed by atoms with Crippen molar-refractivity contribution in [3.8, 4) is 0 Å². The molecule has 0 spiro atoms. The zero-order valence-corrected chi connectivity index (χ0v) is 14.8. The molecule has 0 aliphatic heterocycles. The molecule has 3 rings (SSSR count). The Morgan fingerprint density at radius 1 is 0.880 bits per heavy atom. The van der Waals surface area contributed by atoms with Gasteiger partial charge in [-0.25, -0.2) is 13.4 Å². The molecule has 1 aromatic heterocycles. The van der Waals surface area contributed by atoms with Crippen LogP contribution in [0.4, 0.5) is 17.2 Å². The highest BCUT2D eigenvalue weighted by Crippen LogP contribution is 2.21. The molecule has 0 radical (unpaired) electrons. The highest BCUT2D eigenvalue weighted by Gasteiger charge is 2.14. The molecule has 0 fully saturated rings. The van der Waals surface area contributed by atoms with E-state index in [-0.39, 0.29) is 10.7 Å². The summed E-state index contributed by atoms with van der Waals surface area (Å²) < 4.78 is 27.2. The number of benzene rings is 2. The molecule has 2 aromatic carbocycles. The van der Waals surface area contributed by atoms with Crippen LogP contribution >= 0.6 is 0 Å². The predicted octanol–water partition coefficient (Wildman–Crippen LogP) is 4.24. The first-order valence-corrected chi connectivity index (χ1v) is 9.30. The molecule has 0 unspecified atom stereocenters. The van der Waals surface area contributed by atoms with Crippen molar-refractivity contribution in [2.75, 3.05) is 10.0 Å². The zero-order chi connectivity index (χ0) is 17.9. The molecule has 2 N–H and O–H groups in total. The van der Waals surface area contributed by atoms with E-state index in [0.717, 1.165) is 22.5 Å². The lowest BCUT2D eigenvalue weighted by Gasteiger charge is -2.11. The van der Waals surface area contributed by atoms with Crippen LogP contribution < -0.4 is 10.0 Å². The van der Waals surface area contributed by atoms with Gasteiger partial charge in [-0.1, -0.05) is 35.9 Å². The smallest absolute Gasteiger partial charge is 0.263 e. The molecular formula is C19H19N3O2S. The minimum Gasteiger partial charge on any atom is -0.354 e. The molecule has 0 saturated carbocycles. The molecule has 25 heavy (non-hydrogen) atoms. The minimum atomic E-state index is -3.64. The van der Waals surface area contributed by atoms with E-state index in [2.05, 4.69) is 15.0 Å². The summed E-state index contributed by atoms with van der Waals surface area (Å²) >= 11 is 0. The van der Waals surface area contributed by atoms with Gasteiger partial charge in [-0.05, 0) is 49.7 Å². The van der Waals surface area contributed by atoms with E-state index in [4.69, 9.17) is 0 Å². The summed E-state index contributed by atoms with van der Waals surface area (Å²) in [7, 11) is -3.64. The Kier molecular flexibility index (Phi) is 4.72. The Morgan fingerprint density at radius 2 is 1.60 bits per heavy atom. The summed E-state index contributed by atoms with van der Waals surface area (Å²) in [4.78, 5) is 4.39. The average Bonchev–Trinajstić information content (AvgIpc) is 2.59. The predicted molar refractivity (Wildman–Crippen MR) is 101 cm³/mol. The Bertz CT molecular complexity index is 966. The number of sulfonamides is 1. The van der Waals surface area contributed by atoms with Gasteiger partial charge in [0.15, 0.2) is 0 Å². The van der Waals surface area contributed by atoms with Crippen molar-refractivity contribution in [1.82, 2.24) is 4.98 Å². The van der Waals surface area contributed by atoms with Crippen LogP contribution in [0.15, 0.2) is 71.8 Å². The van der Waals surface area contributed by atoms with Crippen LogP contribution in [-0.4, -0.2) is 13.4 Å². The number of rotatable bonds is 5. The van der Waals surface area contributed by atoms with Crippen molar-refractivity contribution in [1.29, 1.82) is 0 Å². The molecule has 1 heterocycles. The van der Waals surface area contributed by atoms with E-state index < -0.39 is 10.0 Å². The second-order valence-corrected chi connectivity index (χ2v) is 7.47. The van der Waals surface area contributed by atoms with Crippen LogP contribution in [0.5, 0.6) is 0 Å². The summed E-state index contributed by atoms with van der Waals surface area (Å²) in [6.07, 6.45) is 1.60. The van der Waals surface area contributed by atoms with Gasteiger partial charge >= 0.3 is 0 Å². The minimum absolute atomic E-state index is 0.210. The van der Waals surface area contributed by atoms with Gasteiger partial charge < -0.3 is 5.32 Å². The third-order valence-corrected chi connectivity index (χ3v) is 5.13. The van der Waals surface area contributed by atoms with E-state index in [1.54, 1.807) is 42.6 Å². The number of nitrogens with zero attached hydrogens (tertiary/aromatic N) is 1. The Balaban J connectivity index is 1.74. The number of aromatic nitrogens is 1. The highest BCUT2D eigenvalue weighted by atomic mass is 32.2. The van der Waals surface area contributed by atoms with Crippen LogP contribution in [0, 0.1) is 13.8 Å². The monoisotopic (exact) mass is 353 g/mol. The van der Waals surface area contributed by atoms with Crippen LogP contribution in [0.25, 0.3) is 0 Å². The first-order chi connectivity index (χ1) is 11.9. The van der Waals surface area contributed by atoms with E-state index >= 15 is 0 Å². The molecule has 0 bridgehead atoms. The molecule has 128 valence electrons.